The molecule has 1 saturated heterocycles. The van der Waals surface area contributed by atoms with Crippen molar-refractivity contribution in [2.75, 3.05) is 11.9 Å². The Bertz CT molecular complexity index is 1190. The van der Waals surface area contributed by atoms with Crippen molar-refractivity contribution in [2.45, 2.75) is 45.4 Å². The first-order valence-electron chi connectivity index (χ1n) is 10.3. The number of para-hydroxylation sites is 2. The van der Waals surface area contributed by atoms with Gasteiger partial charge in [0, 0.05) is 12.3 Å². The van der Waals surface area contributed by atoms with E-state index in [1.807, 2.05) is 31.2 Å². The van der Waals surface area contributed by atoms with Crippen molar-refractivity contribution in [2.24, 2.45) is 0 Å². The zero-order valence-electron chi connectivity index (χ0n) is 17.0. The summed E-state index contributed by atoms with van der Waals surface area (Å²) in [6, 6.07) is 14.5. The molecular formula is C23H25N3O4. The largest absolute Gasteiger partial charge is 0.376 e. The van der Waals surface area contributed by atoms with Crippen LogP contribution in [0.3, 0.4) is 0 Å². The van der Waals surface area contributed by atoms with Crippen LogP contribution in [0.5, 0.6) is 0 Å². The highest BCUT2D eigenvalue weighted by Gasteiger charge is 2.21. The van der Waals surface area contributed by atoms with E-state index in [2.05, 4.69) is 5.32 Å². The first kappa shape index (κ1) is 20.1. The molecule has 2 aromatic carbocycles. The number of fused-ring (bicyclic) bond motifs is 1. The van der Waals surface area contributed by atoms with Gasteiger partial charge in [0.05, 0.1) is 23.6 Å². The average Bonchev–Trinajstić information content (AvgIpc) is 3.28. The van der Waals surface area contributed by atoms with Gasteiger partial charge in [-0.2, -0.15) is 0 Å². The smallest absolute Gasteiger partial charge is 0.332 e. The molecule has 7 heteroatoms. The number of rotatable bonds is 6. The highest BCUT2D eigenvalue weighted by molar-refractivity contribution is 5.92. The summed E-state index contributed by atoms with van der Waals surface area (Å²) in [6.07, 6.45) is 2.36. The predicted octanol–water partition coefficient (Wildman–Crippen LogP) is 2.54. The van der Waals surface area contributed by atoms with Gasteiger partial charge in [0.25, 0.3) is 5.56 Å². The molecule has 4 rings (SSSR count). The standard InChI is InChI=1S/C23H25N3O4/c1-2-16-8-3-5-11-19(16)24-21(27)15-25-20-12-6-4-10-18(20)22(28)26(23(25)29)14-17-9-7-13-30-17/h3-6,8,10-12,17H,2,7,9,13-15H2,1H3,(H,24,27)/t17-/m1/s1. The molecule has 1 aromatic heterocycles. The number of aryl methyl sites for hydroxylation is 1. The van der Waals surface area contributed by atoms with E-state index in [1.165, 1.54) is 9.13 Å². The zero-order chi connectivity index (χ0) is 21.1. The molecule has 1 amide bonds. The molecule has 0 spiro atoms. The summed E-state index contributed by atoms with van der Waals surface area (Å²) in [6.45, 7) is 2.68. The van der Waals surface area contributed by atoms with Crippen LogP contribution in [0, 0.1) is 0 Å². The molecule has 0 unspecified atom stereocenters. The number of carbonyl (C=O) groups is 1. The lowest BCUT2D eigenvalue weighted by molar-refractivity contribution is -0.116. The second-order valence-corrected chi connectivity index (χ2v) is 7.50. The van der Waals surface area contributed by atoms with E-state index in [1.54, 1.807) is 24.3 Å². The number of hydrogen-bond donors (Lipinski definition) is 1. The summed E-state index contributed by atoms with van der Waals surface area (Å²) >= 11 is 0. The monoisotopic (exact) mass is 407 g/mol. The number of anilines is 1. The Hall–Kier alpha value is -3.19. The third-order valence-corrected chi connectivity index (χ3v) is 5.52. The SMILES string of the molecule is CCc1ccccc1NC(=O)Cn1c(=O)n(C[C@H]2CCCO2)c(=O)c2ccccc21. The van der Waals surface area contributed by atoms with Crippen LogP contribution in [0.15, 0.2) is 58.1 Å². The van der Waals surface area contributed by atoms with E-state index in [4.69, 9.17) is 4.74 Å². The van der Waals surface area contributed by atoms with Gasteiger partial charge in [-0.15, -0.1) is 0 Å². The molecule has 3 aromatic rings. The van der Waals surface area contributed by atoms with Crippen LogP contribution in [-0.2, 0) is 29.0 Å². The molecule has 0 radical (unpaired) electrons. The fourth-order valence-corrected chi connectivity index (χ4v) is 3.96. The van der Waals surface area contributed by atoms with Crippen molar-refractivity contribution < 1.29 is 9.53 Å². The number of nitrogens with one attached hydrogen (secondary N) is 1. The van der Waals surface area contributed by atoms with E-state index < -0.39 is 5.69 Å². The number of amides is 1. The molecule has 1 atom stereocenters. The number of carbonyl (C=O) groups excluding carboxylic acids is 1. The second-order valence-electron chi connectivity index (χ2n) is 7.50. The maximum absolute atomic E-state index is 13.2. The van der Waals surface area contributed by atoms with E-state index >= 15 is 0 Å². The van der Waals surface area contributed by atoms with Crippen LogP contribution in [-0.4, -0.2) is 27.8 Å². The Morgan fingerprint density at radius 1 is 1.10 bits per heavy atom. The Morgan fingerprint density at radius 3 is 2.63 bits per heavy atom. The van der Waals surface area contributed by atoms with Crippen LogP contribution >= 0.6 is 0 Å². The van der Waals surface area contributed by atoms with Gasteiger partial charge in [-0.3, -0.25) is 18.7 Å². The summed E-state index contributed by atoms with van der Waals surface area (Å²) in [5.41, 5.74) is 1.36. The highest BCUT2D eigenvalue weighted by atomic mass is 16.5. The van der Waals surface area contributed by atoms with Gasteiger partial charge in [-0.25, -0.2) is 4.79 Å². The van der Waals surface area contributed by atoms with Crippen LogP contribution in [0.2, 0.25) is 0 Å². The summed E-state index contributed by atoms with van der Waals surface area (Å²) < 4.78 is 8.19. The fraction of sp³-hybridized carbons (Fsp3) is 0.348. The summed E-state index contributed by atoms with van der Waals surface area (Å²) in [5, 5.41) is 3.31. The third-order valence-electron chi connectivity index (χ3n) is 5.52. The van der Waals surface area contributed by atoms with Crippen molar-refractivity contribution in [1.29, 1.82) is 0 Å². The molecule has 156 valence electrons. The minimum absolute atomic E-state index is 0.157. The maximum atomic E-state index is 13.2. The number of ether oxygens (including phenoxy) is 1. The Morgan fingerprint density at radius 2 is 1.87 bits per heavy atom. The second kappa shape index (κ2) is 8.67. The van der Waals surface area contributed by atoms with Crippen LogP contribution in [0.4, 0.5) is 5.69 Å². The average molecular weight is 407 g/mol. The molecule has 7 nitrogen and oxygen atoms in total. The van der Waals surface area contributed by atoms with Crippen molar-refractivity contribution in [3.8, 4) is 0 Å². The quantitative estimate of drug-likeness (QED) is 0.681. The zero-order valence-corrected chi connectivity index (χ0v) is 17.0. The van der Waals surface area contributed by atoms with Gasteiger partial charge in [0.2, 0.25) is 5.91 Å². The molecule has 0 aliphatic carbocycles. The van der Waals surface area contributed by atoms with Crippen molar-refractivity contribution in [3.05, 3.63) is 74.9 Å². The minimum Gasteiger partial charge on any atom is -0.376 e. The van der Waals surface area contributed by atoms with E-state index in [9.17, 15) is 14.4 Å². The van der Waals surface area contributed by atoms with E-state index in [0.29, 0.717) is 17.5 Å². The van der Waals surface area contributed by atoms with Gasteiger partial charge < -0.3 is 10.1 Å². The fourth-order valence-electron chi connectivity index (χ4n) is 3.96. The van der Waals surface area contributed by atoms with Gasteiger partial charge in [-0.1, -0.05) is 37.3 Å². The normalized spacial score (nSPS) is 16.1. The minimum atomic E-state index is -0.492. The molecule has 0 saturated carbocycles. The van der Waals surface area contributed by atoms with Crippen molar-refractivity contribution in [3.63, 3.8) is 0 Å². The lowest BCUT2D eigenvalue weighted by atomic mass is 10.1. The first-order chi connectivity index (χ1) is 14.6. The molecule has 1 N–H and O–H groups in total. The number of nitrogens with zero attached hydrogens (tertiary/aromatic N) is 2. The van der Waals surface area contributed by atoms with Crippen molar-refractivity contribution >= 4 is 22.5 Å². The summed E-state index contributed by atoms with van der Waals surface area (Å²) in [5.74, 6) is -0.314. The molecule has 1 aliphatic rings. The summed E-state index contributed by atoms with van der Waals surface area (Å²) in [4.78, 5) is 38.9. The Labute approximate surface area is 173 Å². The summed E-state index contributed by atoms with van der Waals surface area (Å²) in [7, 11) is 0. The highest BCUT2D eigenvalue weighted by Crippen LogP contribution is 2.16. The van der Waals surface area contributed by atoms with E-state index in [-0.39, 0.29) is 30.7 Å². The molecular weight excluding hydrogens is 382 g/mol. The first-order valence-corrected chi connectivity index (χ1v) is 10.3. The van der Waals surface area contributed by atoms with Gasteiger partial charge >= 0.3 is 5.69 Å². The van der Waals surface area contributed by atoms with Gasteiger partial charge in [0.1, 0.15) is 6.54 Å². The van der Waals surface area contributed by atoms with Crippen molar-refractivity contribution in [1.82, 2.24) is 9.13 Å². The topological polar surface area (TPSA) is 82.3 Å². The predicted molar refractivity (Wildman–Crippen MR) is 116 cm³/mol. The Balaban J connectivity index is 1.71. The van der Waals surface area contributed by atoms with Gasteiger partial charge in [0.15, 0.2) is 0 Å². The van der Waals surface area contributed by atoms with E-state index in [0.717, 1.165) is 30.5 Å². The molecule has 1 fully saturated rings. The lowest BCUT2D eigenvalue weighted by Crippen LogP contribution is -2.43. The Kier molecular flexibility index (Phi) is 5.81. The number of aromatic nitrogens is 2. The third kappa shape index (κ3) is 3.93. The van der Waals surface area contributed by atoms with Crippen LogP contribution in [0.1, 0.15) is 25.3 Å². The maximum Gasteiger partial charge on any atom is 0.332 e. The molecule has 2 heterocycles. The lowest BCUT2D eigenvalue weighted by Gasteiger charge is -2.16. The van der Waals surface area contributed by atoms with Gasteiger partial charge in [-0.05, 0) is 43.0 Å². The molecule has 1 aliphatic heterocycles. The number of benzene rings is 2. The van der Waals surface area contributed by atoms with Crippen LogP contribution < -0.4 is 16.6 Å². The van der Waals surface area contributed by atoms with Crippen LogP contribution in [0.25, 0.3) is 10.9 Å². The number of hydrogen-bond acceptors (Lipinski definition) is 4. The molecule has 0 bridgehead atoms. The molecule has 30 heavy (non-hydrogen) atoms.